The molecule has 2 aromatic rings. The summed E-state index contributed by atoms with van der Waals surface area (Å²) in [7, 11) is 1.59. The highest BCUT2D eigenvalue weighted by Crippen LogP contribution is 2.19. The minimum absolute atomic E-state index is 0.0385. The Bertz CT molecular complexity index is 737. The number of ether oxygens (including phenoxy) is 2. The molecule has 0 unspecified atom stereocenters. The summed E-state index contributed by atoms with van der Waals surface area (Å²) < 4.78 is 10.3. The van der Waals surface area contributed by atoms with Crippen molar-refractivity contribution in [3.8, 4) is 5.75 Å². The molecule has 6 heteroatoms. The van der Waals surface area contributed by atoms with Crippen molar-refractivity contribution < 1.29 is 19.2 Å². The average molecular weight is 327 g/mol. The van der Waals surface area contributed by atoms with Crippen LogP contribution in [0.1, 0.15) is 15.9 Å². The predicted molar refractivity (Wildman–Crippen MR) is 90.3 cm³/mol. The van der Waals surface area contributed by atoms with Crippen LogP contribution in [0.5, 0.6) is 5.75 Å². The van der Waals surface area contributed by atoms with Crippen molar-refractivity contribution in [2.75, 3.05) is 20.3 Å². The summed E-state index contributed by atoms with van der Waals surface area (Å²) in [6.07, 6.45) is 2.77. The zero-order chi connectivity index (χ0) is 17.4. The van der Waals surface area contributed by atoms with Crippen molar-refractivity contribution in [2.45, 2.75) is 0 Å². The van der Waals surface area contributed by atoms with E-state index in [1.54, 1.807) is 49.6 Å². The molecule has 6 nitrogen and oxygen atoms in total. The Morgan fingerprint density at radius 1 is 1.12 bits per heavy atom. The molecular formula is C18H17NO5. The van der Waals surface area contributed by atoms with E-state index in [2.05, 4.69) is 0 Å². The molecule has 0 saturated heterocycles. The summed E-state index contributed by atoms with van der Waals surface area (Å²) in [6.45, 7) is 0.917. The Balaban J connectivity index is 2.06. The first-order valence-electron chi connectivity index (χ1n) is 7.29. The summed E-state index contributed by atoms with van der Waals surface area (Å²) >= 11 is 0. The SMILES string of the molecule is COCCOc1ccc(C(=O)/C=C/c2ccccc2[N+](=O)[O-])cc1. The van der Waals surface area contributed by atoms with Gasteiger partial charge < -0.3 is 9.47 Å². The van der Waals surface area contributed by atoms with Crippen molar-refractivity contribution in [2.24, 2.45) is 0 Å². The molecule has 0 aliphatic rings. The van der Waals surface area contributed by atoms with Crippen LogP contribution in [0.15, 0.2) is 54.6 Å². The number of methoxy groups -OCH3 is 1. The molecule has 2 rings (SSSR count). The predicted octanol–water partition coefficient (Wildman–Crippen LogP) is 3.52. The van der Waals surface area contributed by atoms with Gasteiger partial charge in [0, 0.05) is 18.7 Å². The lowest BCUT2D eigenvalue weighted by atomic mass is 10.1. The van der Waals surface area contributed by atoms with Gasteiger partial charge in [0.1, 0.15) is 12.4 Å². The molecule has 0 fully saturated rings. The highest BCUT2D eigenvalue weighted by Gasteiger charge is 2.10. The highest BCUT2D eigenvalue weighted by atomic mass is 16.6. The molecule has 0 aliphatic carbocycles. The molecule has 0 atom stereocenters. The van der Waals surface area contributed by atoms with Gasteiger partial charge in [0.05, 0.1) is 17.1 Å². The second kappa shape index (κ2) is 8.59. The average Bonchev–Trinajstić information content (AvgIpc) is 2.60. The van der Waals surface area contributed by atoms with E-state index < -0.39 is 4.92 Å². The van der Waals surface area contributed by atoms with E-state index >= 15 is 0 Å². The van der Waals surface area contributed by atoms with Crippen molar-refractivity contribution in [1.29, 1.82) is 0 Å². The molecule has 0 N–H and O–H groups in total. The first-order valence-corrected chi connectivity index (χ1v) is 7.29. The van der Waals surface area contributed by atoms with E-state index in [4.69, 9.17) is 9.47 Å². The number of nitrogens with zero attached hydrogens (tertiary/aromatic N) is 1. The molecule has 2 aromatic carbocycles. The summed E-state index contributed by atoms with van der Waals surface area (Å²) in [5, 5.41) is 10.9. The molecule has 0 aliphatic heterocycles. The molecular weight excluding hydrogens is 310 g/mol. The van der Waals surface area contributed by atoms with Gasteiger partial charge in [-0.15, -0.1) is 0 Å². The van der Waals surface area contributed by atoms with Crippen molar-refractivity contribution in [3.05, 3.63) is 75.8 Å². The molecule has 0 spiro atoms. The van der Waals surface area contributed by atoms with Gasteiger partial charge in [-0.1, -0.05) is 12.1 Å². The number of ketones is 1. The maximum Gasteiger partial charge on any atom is 0.276 e. The first kappa shape index (κ1) is 17.4. The van der Waals surface area contributed by atoms with E-state index in [0.717, 1.165) is 0 Å². The van der Waals surface area contributed by atoms with Crippen LogP contribution in [0.2, 0.25) is 0 Å². The summed E-state index contributed by atoms with van der Waals surface area (Å²) in [5.74, 6) is 0.405. The maximum atomic E-state index is 12.2. The lowest BCUT2D eigenvalue weighted by molar-refractivity contribution is -0.385. The lowest BCUT2D eigenvalue weighted by Gasteiger charge is -2.05. The largest absolute Gasteiger partial charge is 0.491 e. The molecule has 0 amide bonds. The Morgan fingerprint density at radius 2 is 1.83 bits per heavy atom. The second-order valence-electron chi connectivity index (χ2n) is 4.88. The van der Waals surface area contributed by atoms with Gasteiger partial charge in [0.15, 0.2) is 5.78 Å². The molecule has 0 saturated carbocycles. The number of para-hydroxylation sites is 1. The number of nitro groups is 1. The number of carbonyl (C=O) groups excluding carboxylic acids is 1. The van der Waals surface area contributed by atoms with Crippen LogP contribution < -0.4 is 4.74 Å². The van der Waals surface area contributed by atoms with Crippen LogP contribution in [0.4, 0.5) is 5.69 Å². The maximum absolute atomic E-state index is 12.2. The van der Waals surface area contributed by atoms with E-state index in [0.29, 0.717) is 30.1 Å². The van der Waals surface area contributed by atoms with Gasteiger partial charge >= 0.3 is 0 Å². The molecule has 0 aromatic heterocycles. The number of hydrogen-bond donors (Lipinski definition) is 0. The fourth-order valence-corrected chi connectivity index (χ4v) is 2.01. The van der Waals surface area contributed by atoms with Crippen LogP contribution in [-0.2, 0) is 4.74 Å². The Morgan fingerprint density at radius 3 is 2.50 bits per heavy atom. The van der Waals surface area contributed by atoms with Crippen LogP contribution in [-0.4, -0.2) is 31.0 Å². The van der Waals surface area contributed by atoms with E-state index in [1.165, 1.54) is 18.2 Å². The highest BCUT2D eigenvalue weighted by molar-refractivity contribution is 6.07. The third kappa shape index (κ3) is 4.76. The van der Waals surface area contributed by atoms with E-state index in [-0.39, 0.29) is 11.5 Å². The van der Waals surface area contributed by atoms with Crippen LogP contribution in [0, 0.1) is 10.1 Å². The number of benzene rings is 2. The number of nitro benzene ring substituents is 1. The van der Waals surface area contributed by atoms with Gasteiger partial charge in [0.25, 0.3) is 5.69 Å². The van der Waals surface area contributed by atoms with Crippen LogP contribution in [0.3, 0.4) is 0 Å². The Labute approximate surface area is 139 Å². The minimum Gasteiger partial charge on any atom is -0.491 e. The van der Waals surface area contributed by atoms with Gasteiger partial charge in [-0.25, -0.2) is 0 Å². The van der Waals surface area contributed by atoms with Gasteiger partial charge in [-0.2, -0.15) is 0 Å². The van der Waals surface area contributed by atoms with Crippen LogP contribution in [0.25, 0.3) is 6.08 Å². The van der Waals surface area contributed by atoms with E-state index in [1.807, 2.05) is 0 Å². The number of carbonyl (C=O) groups is 1. The fourth-order valence-electron chi connectivity index (χ4n) is 2.01. The molecule has 24 heavy (non-hydrogen) atoms. The quantitative estimate of drug-likeness (QED) is 0.244. The third-order valence-electron chi connectivity index (χ3n) is 3.24. The fraction of sp³-hybridized carbons (Fsp3) is 0.167. The molecule has 0 heterocycles. The minimum atomic E-state index is -0.476. The van der Waals surface area contributed by atoms with E-state index in [9.17, 15) is 14.9 Å². The van der Waals surface area contributed by atoms with Crippen LogP contribution >= 0.6 is 0 Å². The smallest absolute Gasteiger partial charge is 0.276 e. The first-order chi connectivity index (χ1) is 11.6. The second-order valence-corrected chi connectivity index (χ2v) is 4.88. The van der Waals surface area contributed by atoms with Crippen molar-refractivity contribution in [3.63, 3.8) is 0 Å². The Kier molecular flexibility index (Phi) is 6.22. The van der Waals surface area contributed by atoms with Gasteiger partial charge in [-0.3, -0.25) is 14.9 Å². The zero-order valence-electron chi connectivity index (χ0n) is 13.2. The van der Waals surface area contributed by atoms with Crippen molar-refractivity contribution in [1.82, 2.24) is 0 Å². The summed E-state index contributed by atoms with van der Waals surface area (Å²) in [6, 6.07) is 12.9. The normalized spacial score (nSPS) is 10.7. The molecule has 0 bridgehead atoms. The topological polar surface area (TPSA) is 78.7 Å². The number of allylic oxidation sites excluding steroid dienone is 1. The van der Waals surface area contributed by atoms with Crippen molar-refractivity contribution >= 4 is 17.5 Å². The number of hydrogen-bond acceptors (Lipinski definition) is 5. The monoisotopic (exact) mass is 327 g/mol. The Hall–Kier alpha value is -2.99. The lowest BCUT2D eigenvalue weighted by Crippen LogP contribution is -2.04. The standard InChI is InChI=1S/C18H17NO5/c1-23-12-13-24-16-9-6-15(7-10-16)18(20)11-8-14-4-2-3-5-17(14)19(21)22/h2-11H,12-13H2,1H3/b11-8+. The van der Waals surface area contributed by atoms with Gasteiger partial charge in [0.2, 0.25) is 0 Å². The third-order valence-corrected chi connectivity index (χ3v) is 3.24. The summed E-state index contributed by atoms with van der Waals surface area (Å²) in [5.41, 5.74) is 0.822. The zero-order valence-corrected chi connectivity index (χ0v) is 13.2. The molecule has 124 valence electrons. The number of rotatable bonds is 8. The van der Waals surface area contributed by atoms with Gasteiger partial charge in [-0.05, 0) is 42.5 Å². The molecule has 0 radical (unpaired) electrons. The summed E-state index contributed by atoms with van der Waals surface area (Å²) in [4.78, 5) is 22.6.